The molecule has 0 aliphatic rings. The molecule has 4 nitrogen and oxygen atoms in total. The van der Waals surface area contributed by atoms with Crippen molar-refractivity contribution in [1.29, 1.82) is 0 Å². The Morgan fingerprint density at radius 3 is 2.33 bits per heavy atom. The predicted octanol–water partition coefficient (Wildman–Crippen LogP) is 3.69. The minimum Gasteiger partial charge on any atom is -0.461 e. The fraction of sp³-hybridized carbons (Fsp3) is 0.588. The Balaban J connectivity index is 2.10. The monoisotopic (exact) mass is 294 g/mol. The molecule has 0 saturated carbocycles. The molecule has 1 aromatic rings. The number of unbranched alkanes of at least 4 members (excludes halogenated alkanes) is 1. The summed E-state index contributed by atoms with van der Waals surface area (Å²) in [6.45, 7) is 5.54. The van der Waals surface area contributed by atoms with Gasteiger partial charge in [-0.2, -0.15) is 0 Å². The molecule has 118 valence electrons. The first-order valence-electron chi connectivity index (χ1n) is 7.69. The normalized spacial score (nSPS) is 10.8. The molecule has 1 aromatic carbocycles. The number of hydrogen-bond donors (Lipinski definition) is 0. The molecular weight excluding hydrogens is 268 g/mol. The summed E-state index contributed by atoms with van der Waals surface area (Å²) in [5, 5.41) is 0. The maximum Gasteiger partial charge on any atom is 0.306 e. The van der Waals surface area contributed by atoms with Gasteiger partial charge >= 0.3 is 5.97 Å². The largest absolute Gasteiger partial charge is 0.461 e. The summed E-state index contributed by atoms with van der Waals surface area (Å²) < 4.78 is 16.1. The topological polar surface area (TPSA) is 44.8 Å². The Morgan fingerprint density at radius 1 is 1.05 bits per heavy atom. The van der Waals surface area contributed by atoms with Crippen molar-refractivity contribution in [3.8, 4) is 0 Å². The van der Waals surface area contributed by atoms with Crippen LogP contribution < -0.4 is 0 Å². The summed E-state index contributed by atoms with van der Waals surface area (Å²) in [7, 11) is 0. The van der Waals surface area contributed by atoms with Crippen LogP contribution in [0.3, 0.4) is 0 Å². The minimum absolute atomic E-state index is 0.150. The van der Waals surface area contributed by atoms with E-state index >= 15 is 0 Å². The van der Waals surface area contributed by atoms with Gasteiger partial charge in [0, 0.05) is 19.6 Å². The minimum atomic E-state index is -0.152. The highest BCUT2D eigenvalue weighted by Crippen LogP contribution is 2.10. The van der Waals surface area contributed by atoms with Crippen LogP contribution in [0.1, 0.15) is 45.1 Å². The molecule has 0 aliphatic heterocycles. The van der Waals surface area contributed by atoms with Gasteiger partial charge in [-0.15, -0.1) is 0 Å². The average Bonchev–Trinajstić information content (AvgIpc) is 2.51. The van der Waals surface area contributed by atoms with E-state index in [0.29, 0.717) is 26.2 Å². The van der Waals surface area contributed by atoms with Crippen molar-refractivity contribution in [2.24, 2.45) is 0 Å². The summed E-state index contributed by atoms with van der Waals surface area (Å²) in [6, 6.07) is 9.71. The van der Waals surface area contributed by atoms with Crippen molar-refractivity contribution in [2.45, 2.75) is 52.4 Å². The number of hydrogen-bond acceptors (Lipinski definition) is 4. The maximum absolute atomic E-state index is 11.6. The number of carbonyl (C=O) groups excluding carboxylic acids is 1. The Morgan fingerprint density at radius 2 is 1.71 bits per heavy atom. The Kier molecular flexibility index (Phi) is 9.49. The lowest BCUT2D eigenvalue weighted by molar-refractivity contribution is -0.146. The molecule has 0 amide bonds. The molecule has 0 aromatic heterocycles. The first-order chi connectivity index (χ1) is 10.3. The number of carbonyl (C=O) groups is 1. The Hall–Kier alpha value is -1.39. The maximum atomic E-state index is 11.6. The lowest BCUT2D eigenvalue weighted by atomic mass is 10.2. The van der Waals surface area contributed by atoms with Crippen molar-refractivity contribution >= 4 is 5.97 Å². The molecule has 0 atom stereocenters. The van der Waals surface area contributed by atoms with Crippen molar-refractivity contribution in [3.63, 3.8) is 0 Å². The molecule has 0 aliphatic carbocycles. The van der Waals surface area contributed by atoms with E-state index in [1.54, 1.807) is 0 Å². The molecule has 0 saturated heterocycles. The third-order valence-corrected chi connectivity index (χ3v) is 3.02. The van der Waals surface area contributed by atoms with Crippen LogP contribution in [0.4, 0.5) is 0 Å². The van der Waals surface area contributed by atoms with E-state index < -0.39 is 0 Å². The lowest BCUT2D eigenvalue weighted by Gasteiger charge is -2.16. The predicted molar refractivity (Wildman–Crippen MR) is 81.7 cm³/mol. The van der Waals surface area contributed by atoms with Crippen LogP contribution in [0, 0.1) is 0 Å². The number of rotatable bonds is 11. The summed E-state index contributed by atoms with van der Waals surface area (Å²) in [5.74, 6) is -0.150. The van der Waals surface area contributed by atoms with Gasteiger partial charge in [0.25, 0.3) is 0 Å². The average molecular weight is 294 g/mol. The van der Waals surface area contributed by atoms with E-state index in [4.69, 9.17) is 14.2 Å². The summed E-state index contributed by atoms with van der Waals surface area (Å²) in [4.78, 5) is 11.6. The fourth-order valence-corrected chi connectivity index (χ4v) is 1.98. The first kappa shape index (κ1) is 17.7. The summed E-state index contributed by atoms with van der Waals surface area (Å²) >= 11 is 0. The molecule has 0 bridgehead atoms. The van der Waals surface area contributed by atoms with Gasteiger partial charge in [-0.25, -0.2) is 0 Å². The number of esters is 1. The molecule has 21 heavy (non-hydrogen) atoms. The highest BCUT2D eigenvalue weighted by Gasteiger charge is 2.09. The fourth-order valence-electron chi connectivity index (χ4n) is 1.98. The Bertz CT molecular complexity index is 372. The van der Waals surface area contributed by atoms with Gasteiger partial charge in [0.1, 0.15) is 6.61 Å². The first-order valence-corrected chi connectivity index (χ1v) is 7.69. The second-order valence-corrected chi connectivity index (χ2v) is 4.73. The van der Waals surface area contributed by atoms with Crippen molar-refractivity contribution in [3.05, 3.63) is 35.9 Å². The molecule has 4 heteroatoms. The molecule has 0 heterocycles. The Labute approximate surface area is 127 Å². The molecule has 0 unspecified atom stereocenters. The molecule has 0 N–H and O–H groups in total. The van der Waals surface area contributed by atoms with E-state index in [0.717, 1.165) is 24.8 Å². The van der Waals surface area contributed by atoms with Crippen LogP contribution in [0.2, 0.25) is 0 Å². The quantitative estimate of drug-likeness (QED) is 0.355. The van der Waals surface area contributed by atoms with Gasteiger partial charge < -0.3 is 14.2 Å². The van der Waals surface area contributed by atoms with Crippen LogP contribution in [0.5, 0.6) is 0 Å². The van der Waals surface area contributed by atoms with Gasteiger partial charge in [0.2, 0.25) is 0 Å². The van der Waals surface area contributed by atoms with Gasteiger partial charge in [-0.05, 0) is 38.7 Å². The zero-order valence-corrected chi connectivity index (χ0v) is 13.0. The smallest absolute Gasteiger partial charge is 0.306 e. The van der Waals surface area contributed by atoms with Gasteiger partial charge in [-0.1, -0.05) is 30.3 Å². The standard InChI is InChI=1S/C17H26O4/c1-3-19-17(20-4-2)13-9-8-12-16(18)21-14-15-10-6-5-7-11-15/h5-7,10-11,17H,3-4,8-9,12-14H2,1-2H3. The van der Waals surface area contributed by atoms with Crippen LogP contribution in [0.15, 0.2) is 30.3 Å². The zero-order chi connectivity index (χ0) is 15.3. The van der Waals surface area contributed by atoms with Gasteiger partial charge in [0.05, 0.1) is 0 Å². The SMILES string of the molecule is CCOC(CCCCC(=O)OCc1ccccc1)OCC. The summed E-state index contributed by atoms with van der Waals surface area (Å²) in [6.07, 6.45) is 2.79. The second kappa shape index (κ2) is 11.3. The van der Waals surface area contributed by atoms with E-state index in [1.165, 1.54) is 0 Å². The van der Waals surface area contributed by atoms with E-state index in [9.17, 15) is 4.79 Å². The zero-order valence-electron chi connectivity index (χ0n) is 13.0. The molecule has 1 rings (SSSR count). The second-order valence-electron chi connectivity index (χ2n) is 4.73. The van der Waals surface area contributed by atoms with Crippen LogP contribution >= 0.6 is 0 Å². The highest BCUT2D eigenvalue weighted by atomic mass is 16.7. The van der Waals surface area contributed by atoms with Crippen molar-refractivity contribution < 1.29 is 19.0 Å². The number of ether oxygens (including phenoxy) is 3. The molecular formula is C17H26O4. The van der Waals surface area contributed by atoms with Crippen LogP contribution in [-0.2, 0) is 25.6 Å². The van der Waals surface area contributed by atoms with E-state index in [2.05, 4.69) is 0 Å². The van der Waals surface area contributed by atoms with Gasteiger partial charge in [-0.3, -0.25) is 4.79 Å². The van der Waals surface area contributed by atoms with Crippen molar-refractivity contribution in [2.75, 3.05) is 13.2 Å². The van der Waals surface area contributed by atoms with E-state index in [-0.39, 0.29) is 12.3 Å². The molecule has 0 radical (unpaired) electrons. The lowest BCUT2D eigenvalue weighted by Crippen LogP contribution is -2.17. The van der Waals surface area contributed by atoms with Crippen molar-refractivity contribution in [1.82, 2.24) is 0 Å². The third kappa shape index (κ3) is 8.48. The van der Waals surface area contributed by atoms with Crippen LogP contribution in [-0.4, -0.2) is 25.5 Å². The molecule has 0 spiro atoms. The van der Waals surface area contributed by atoms with Crippen LogP contribution in [0.25, 0.3) is 0 Å². The molecule has 0 fully saturated rings. The summed E-state index contributed by atoms with van der Waals surface area (Å²) in [5.41, 5.74) is 1.01. The highest BCUT2D eigenvalue weighted by molar-refractivity contribution is 5.69. The third-order valence-electron chi connectivity index (χ3n) is 3.02. The van der Waals surface area contributed by atoms with E-state index in [1.807, 2.05) is 44.2 Å². The van der Waals surface area contributed by atoms with Gasteiger partial charge in [0.15, 0.2) is 6.29 Å². The number of benzene rings is 1.